The summed E-state index contributed by atoms with van der Waals surface area (Å²) in [7, 11) is -1.72. The van der Waals surface area contributed by atoms with Gasteiger partial charge >= 0.3 is 5.97 Å². The van der Waals surface area contributed by atoms with Crippen molar-refractivity contribution in [3.8, 4) is 22.9 Å². The molecule has 3 N–H and O–H groups in total. The minimum Gasteiger partial charge on any atom is -0.480 e. The number of pyridine rings is 2. The summed E-state index contributed by atoms with van der Waals surface area (Å²) in [6, 6.07) is 10.5. The molecule has 0 spiro atoms. The number of aliphatic carboxylic acids is 1. The highest BCUT2D eigenvalue weighted by Gasteiger charge is 2.32. The number of amides is 2. The molecule has 41 heavy (non-hydrogen) atoms. The largest absolute Gasteiger partial charge is 0.480 e. The summed E-state index contributed by atoms with van der Waals surface area (Å²) in [4.78, 5) is 49.1. The van der Waals surface area contributed by atoms with E-state index in [-0.39, 0.29) is 22.5 Å². The number of benzene rings is 1. The molecule has 0 aliphatic carbocycles. The highest BCUT2D eigenvalue weighted by molar-refractivity contribution is 7.90. The average Bonchev–Trinajstić information content (AvgIpc) is 3.50. The number of aromatic nitrogens is 3. The van der Waals surface area contributed by atoms with Crippen LogP contribution in [-0.4, -0.2) is 70.5 Å². The number of rotatable bonds is 8. The van der Waals surface area contributed by atoms with Gasteiger partial charge in [-0.25, -0.2) is 13.4 Å². The van der Waals surface area contributed by atoms with E-state index in [2.05, 4.69) is 20.3 Å². The summed E-state index contributed by atoms with van der Waals surface area (Å²) in [5, 5.41) is 12.1. The van der Waals surface area contributed by atoms with Gasteiger partial charge in [0.1, 0.15) is 17.5 Å². The molecule has 0 saturated carbocycles. The molecule has 4 aromatic rings. The van der Waals surface area contributed by atoms with E-state index in [1.165, 1.54) is 31.5 Å². The fourth-order valence-electron chi connectivity index (χ4n) is 4.63. The Bertz CT molecular complexity index is 1770. The van der Waals surface area contributed by atoms with E-state index >= 15 is 0 Å². The number of aromatic amines is 1. The van der Waals surface area contributed by atoms with Crippen molar-refractivity contribution in [3.63, 3.8) is 0 Å². The Hall–Kier alpha value is -4.78. The fourth-order valence-corrected chi connectivity index (χ4v) is 5.19. The molecular formula is C28H27N5O7S. The Balaban J connectivity index is 1.48. The molecule has 3 aromatic heterocycles. The molecule has 1 saturated heterocycles. The fraction of sp³-hybridized carbons (Fsp3) is 0.250. The second kappa shape index (κ2) is 10.7. The molecule has 2 unspecified atom stereocenters. The molecule has 2 amide bonds. The van der Waals surface area contributed by atoms with Gasteiger partial charge in [-0.05, 0) is 55.8 Å². The van der Waals surface area contributed by atoms with Gasteiger partial charge in [-0.15, -0.1) is 0 Å². The van der Waals surface area contributed by atoms with Crippen molar-refractivity contribution in [2.24, 2.45) is 0 Å². The van der Waals surface area contributed by atoms with Gasteiger partial charge in [-0.3, -0.25) is 19.4 Å². The zero-order valence-corrected chi connectivity index (χ0v) is 23.2. The molecule has 0 bridgehead atoms. The van der Waals surface area contributed by atoms with E-state index < -0.39 is 27.8 Å². The molecule has 12 nitrogen and oxygen atoms in total. The average molecular weight is 578 g/mol. The van der Waals surface area contributed by atoms with Crippen LogP contribution in [-0.2, 0) is 19.4 Å². The van der Waals surface area contributed by atoms with E-state index in [1.807, 2.05) is 18.2 Å². The highest BCUT2D eigenvalue weighted by Crippen LogP contribution is 2.41. The molecule has 1 aromatic carbocycles. The van der Waals surface area contributed by atoms with Crippen molar-refractivity contribution in [1.29, 1.82) is 0 Å². The standard InChI is InChI=1S/C28H27N5O7S/c1-15(28(36)37)31-27(35)16-4-6-20(29-13-16)22-10-17-11-24(40-18-5-8-25(30-14-18)41(3,38)39)19(12-21(17)32-22)23-7-9-26(34)33(23)2/h4-6,8,10-15,23,32H,7,9H2,1-3H3,(H,31,35)(H,36,37). The van der Waals surface area contributed by atoms with Gasteiger partial charge in [0.25, 0.3) is 5.91 Å². The van der Waals surface area contributed by atoms with Crippen LogP contribution in [0.5, 0.6) is 11.5 Å². The Labute approximate surface area is 235 Å². The number of likely N-dealkylation sites (tertiary alicyclic amines) is 1. The quantitative estimate of drug-likeness (QED) is 0.284. The van der Waals surface area contributed by atoms with Crippen LogP contribution in [0.3, 0.4) is 0 Å². The van der Waals surface area contributed by atoms with E-state index in [0.717, 1.165) is 22.7 Å². The smallest absolute Gasteiger partial charge is 0.325 e. The topological polar surface area (TPSA) is 172 Å². The number of ether oxygens (including phenoxy) is 1. The first kappa shape index (κ1) is 27.8. The summed E-state index contributed by atoms with van der Waals surface area (Å²) >= 11 is 0. The van der Waals surface area contributed by atoms with Crippen LogP contribution in [0.1, 0.15) is 41.7 Å². The van der Waals surface area contributed by atoms with Crippen LogP contribution in [0.4, 0.5) is 0 Å². The second-order valence-corrected chi connectivity index (χ2v) is 11.9. The van der Waals surface area contributed by atoms with Gasteiger partial charge in [0.15, 0.2) is 14.9 Å². The lowest BCUT2D eigenvalue weighted by atomic mass is 10.0. The number of carboxylic acid groups (broad SMARTS) is 1. The zero-order valence-electron chi connectivity index (χ0n) is 22.4. The summed E-state index contributed by atoms with van der Waals surface area (Å²) in [6.07, 6.45) is 4.82. The monoisotopic (exact) mass is 577 g/mol. The molecule has 4 heterocycles. The number of hydrogen-bond donors (Lipinski definition) is 3. The van der Waals surface area contributed by atoms with Crippen molar-refractivity contribution < 1.29 is 32.6 Å². The van der Waals surface area contributed by atoms with Crippen LogP contribution in [0, 0.1) is 0 Å². The number of carboxylic acids is 1. The van der Waals surface area contributed by atoms with Gasteiger partial charge in [-0.1, -0.05) is 0 Å². The van der Waals surface area contributed by atoms with Gasteiger partial charge < -0.3 is 25.0 Å². The van der Waals surface area contributed by atoms with Gasteiger partial charge in [-0.2, -0.15) is 0 Å². The third kappa shape index (κ3) is 5.75. The first-order valence-electron chi connectivity index (χ1n) is 12.7. The summed E-state index contributed by atoms with van der Waals surface area (Å²) in [5.74, 6) is -0.821. The molecule has 212 valence electrons. The van der Waals surface area contributed by atoms with Gasteiger partial charge in [0, 0.05) is 42.4 Å². The SMILES string of the molecule is CC(NC(=O)c1ccc(-c2cc3cc(Oc4ccc(S(C)(=O)=O)nc4)c(C4CCC(=O)N4C)cc3[nH]2)nc1)C(=O)O. The van der Waals surface area contributed by atoms with Crippen molar-refractivity contribution in [1.82, 2.24) is 25.2 Å². The van der Waals surface area contributed by atoms with Crippen molar-refractivity contribution in [2.75, 3.05) is 13.3 Å². The van der Waals surface area contributed by atoms with Crippen molar-refractivity contribution >= 4 is 38.5 Å². The number of hydrogen-bond acceptors (Lipinski definition) is 8. The van der Waals surface area contributed by atoms with E-state index in [4.69, 9.17) is 9.84 Å². The lowest BCUT2D eigenvalue weighted by Crippen LogP contribution is -2.38. The molecule has 0 radical (unpaired) electrons. The normalized spacial score (nSPS) is 16.1. The molecule has 13 heteroatoms. The Morgan fingerprint density at radius 2 is 1.93 bits per heavy atom. The van der Waals surface area contributed by atoms with Crippen molar-refractivity contribution in [3.05, 3.63) is 66.0 Å². The van der Waals surface area contributed by atoms with Crippen LogP contribution in [0.15, 0.2) is 59.9 Å². The van der Waals surface area contributed by atoms with Gasteiger partial charge in [0.2, 0.25) is 5.91 Å². The predicted octanol–water partition coefficient (Wildman–Crippen LogP) is 3.32. The predicted molar refractivity (Wildman–Crippen MR) is 148 cm³/mol. The minimum atomic E-state index is -3.46. The van der Waals surface area contributed by atoms with E-state index in [9.17, 15) is 22.8 Å². The lowest BCUT2D eigenvalue weighted by molar-refractivity contribution is -0.138. The molecule has 1 aliphatic heterocycles. The second-order valence-electron chi connectivity index (χ2n) is 9.89. The van der Waals surface area contributed by atoms with E-state index in [0.29, 0.717) is 35.7 Å². The first-order valence-corrected chi connectivity index (χ1v) is 14.6. The Morgan fingerprint density at radius 1 is 1.15 bits per heavy atom. The third-order valence-electron chi connectivity index (χ3n) is 6.94. The lowest BCUT2D eigenvalue weighted by Gasteiger charge is -2.23. The van der Waals surface area contributed by atoms with Crippen LogP contribution < -0.4 is 10.1 Å². The zero-order chi connectivity index (χ0) is 29.5. The summed E-state index contributed by atoms with van der Waals surface area (Å²) in [5.41, 5.74) is 3.00. The minimum absolute atomic E-state index is 0.0264. The number of nitrogens with one attached hydrogen (secondary N) is 2. The molecule has 1 aliphatic rings. The number of nitrogens with zero attached hydrogens (tertiary/aromatic N) is 3. The maximum Gasteiger partial charge on any atom is 0.325 e. The molecule has 2 atom stereocenters. The number of H-pyrrole nitrogens is 1. The van der Waals surface area contributed by atoms with Gasteiger partial charge in [0.05, 0.1) is 29.2 Å². The Morgan fingerprint density at radius 3 is 2.51 bits per heavy atom. The van der Waals surface area contributed by atoms with Crippen LogP contribution in [0.2, 0.25) is 0 Å². The Kier molecular flexibility index (Phi) is 7.22. The number of carbonyl (C=O) groups is 3. The molecule has 5 rings (SSSR count). The first-order chi connectivity index (χ1) is 19.4. The number of sulfone groups is 1. The summed E-state index contributed by atoms with van der Waals surface area (Å²) in [6.45, 7) is 1.37. The molecular weight excluding hydrogens is 550 g/mol. The van der Waals surface area contributed by atoms with E-state index in [1.54, 1.807) is 24.1 Å². The van der Waals surface area contributed by atoms with Crippen LogP contribution in [0.25, 0.3) is 22.3 Å². The molecule has 1 fully saturated rings. The number of fused-ring (bicyclic) bond motifs is 1. The highest BCUT2D eigenvalue weighted by atomic mass is 32.2. The third-order valence-corrected chi connectivity index (χ3v) is 7.94. The van der Waals surface area contributed by atoms with Crippen LogP contribution >= 0.6 is 0 Å². The van der Waals surface area contributed by atoms with Crippen molar-refractivity contribution in [2.45, 2.75) is 36.9 Å². The summed E-state index contributed by atoms with van der Waals surface area (Å²) < 4.78 is 29.8. The maximum atomic E-state index is 12.3. The maximum absolute atomic E-state index is 12.3. The number of carbonyl (C=O) groups excluding carboxylic acids is 2.